The number of benzene rings is 6. The van der Waals surface area contributed by atoms with E-state index < -0.39 is 35.2 Å². The van der Waals surface area contributed by atoms with E-state index in [1.165, 1.54) is 4.57 Å². The number of aliphatic hydroxyl groups is 2. The molecular weight excluding hydrogens is 783 g/mol. The molecule has 0 spiro atoms. The summed E-state index contributed by atoms with van der Waals surface area (Å²) >= 11 is 0. The molecule has 0 radical (unpaired) electrons. The van der Waals surface area contributed by atoms with Crippen LogP contribution in [-0.2, 0) is 15.8 Å². The maximum atomic E-state index is 14.8. The zero-order valence-corrected chi connectivity index (χ0v) is 35.0. The molecule has 316 valence electrons. The molecule has 62 heavy (non-hydrogen) atoms. The second-order valence-corrected chi connectivity index (χ2v) is 15.0. The Morgan fingerprint density at radius 3 is 1.24 bits per heavy atom. The molecule has 1 aromatic heterocycles. The van der Waals surface area contributed by atoms with Crippen LogP contribution in [0.5, 0.6) is 23.0 Å². The van der Waals surface area contributed by atoms with Gasteiger partial charge in [0.15, 0.2) is 6.23 Å². The lowest BCUT2D eigenvalue weighted by molar-refractivity contribution is -0.0529. The maximum Gasteiger partial charge on any atom is 0.351 e. The van der Waals surface area contributed by atoms with E-state index in [4.69, 9.17) is 28.7 Å². The Morgan fingerprint density at radius 1 is 0.581 bits per heavy atom. The van der Waals surface area contributed by atoms with Gasteiger partial charge in [0.2, 0.25) is 0 Å². The van der Waals surface area contributed by atoms with Gasteiger partial charge in [-0.1, -0.05) is 109 Å². The fourth-order valence-corrected chi connectivity index (χ4v) is 8.88. The number of nitrogens with zero attached hydrogens (tertiary/aromatic N) is 3. The summed E-state index contributed by atoms with van der Waals surface area (Å²) in [6, 6.07) is 53.9. The standard InChI is InChI=1S/C51H49N3O8/c1-58-41-23-15-37(16-24-41)50(35-11-7-5-8-12-35,38-17-25-42(59-2)26-18-38)54(47-31-32-53(49(57)52-47)48-46(56)33-45(34-55)62-48)51(36-13-9-6-10-14-36,39-19-27-43(60-3)28-20-39)40-21-29-44(61-4)30-22-40/h5-32,45-46,48,55-56H,33-34H2,1-4H3/t45-,46-,48+/m0/s1. The van der Waals surface area contributed by atoms with Crippen LogP contribution in [0, 0.1) is 0 Å². The topological polar surface area (TPSA) is 125 Å². The Hall–Kier alpha value is -6.92. The molecule has 7 aromatic rings. The van der Waals surface area contributed by atoms with Crippen LogP contribution in [0.25, 0.3) is 0 Å². The first-order valence-electron chi connectivity index (χ1n) is 20.3. The van der Waals surface area contributed by atoms with Crippen molar-refractivity contribution in [1.29, 1.82) is 0 Å². The molecule has 1 aliphatic rings. The predicted octanol–water partition coefficient (Wildman–Crippen LogP) is 7.71. The molecule has 0 saturated carbocycles. The van der Waals surface area contributed by atoms with Crippen molar-refractivity contribution >= 4 is 5.82 Å². The number of hydrogen-bond acceptors (Lipinski definition) is 10. The van der Waals surface area contributed by atoms with Crippen molar-refractivity contribution in [2.45, 2.75) is 35.9 Å². The van der Waals surface area contributed by atoms with Gasteiger partial charge >= 0.3 is 5.69 Å². The van der Waals surface area contributed by atoms with E-state index >= 15 is 0 Å². The molecule has 11 heteroatoms. The van der Waals surface area contributed by atoms with E-state index in [0.29, 0.717) is 28.8 Å². The van der Waals surface area contributed by atoms with E-state index in [0.717, 1.165) is 33.4 Å². The van der Waals surface area contributed by atoms with E-state index in [2.05, 4.69) is 29.2 Å². The molecule has 3 atom stereocenters. The Bertz CT molecular complexity index is 2370. The lowest BCUT2D eigenvalue weighted by Crippen LogP contribution is -2.61. The summed E-state index contributed by atoms with van der Waals surface area (Å²) in [5.41, 5.74) is 1.68. The first kappa shape index (κ1) is 41.8. The highest BCUT2D eigenvalue weighted by molar-refractivity contribution is 5.70. The van der Waals surface area contributed by atoms with Gasteiger partial charge in [-0.3, -0.25) is 4.57 Å². The molecule has 1 fully saturated rings. The van der Waals surface area contributed by atoms with Crippen molar-refractivity contribution in [1.82, 2.24) is 9.55 Å². The van der Waals surface area contributed by atoms with Crippen LogP contribution in [0.2, 0.25) is 0 Å². The zero-order valence-electron chi connectivity index (χ0n) is 35.0. The summed E-state index contributed by atoms with van der Waals surface area (Å²) in [7, 11) is 6.54. The van der Waals surface area contributed by atoms with Crippen molar-refractivity contribution in [2.75, 3.05) is 39.9 Å². The van der Waals surface area contributed by atoms with Crippen LogP contribution in [-0.4, -0.2) is 67.0 Å². The molecule has 0 bridgehead atoms. The van der Waals surface area contributed by atoms with Crippen LogP contribution in [0.1, 0.15) is 46.0 Å². The number of ether oxygens (including phenoxy) is 5. The molecular formula is C51H49N3O8. The van der Waals surface area contributed by atoms with Gasteiger partial charge in [0, 0.05) is 12.6 Å². The van der Waals surface area contributed by atoms with Crippen LogP contribution >= 0.6 is 0 Å². The van der Waals surface area contributed by atoms with Gasteiger partial charge in [-0.15, -0.1) is 0 Å². The number of anilines is 1. The molecule has 2 heterocycles. The molecule has 2 N–H and O–H groups in total. The zero-order chi connectivity index (χ0) is 43.3. The quantitative estimate of drug-likeness (QED) is 0.0994. The van der Waals surface area contributed by atoms with Crippen LogP contribution in [0.3, 0.4) is 0 Å². The smallest absolute Gasteiger partial charge is 0.351 e. The Balaban J connectivity index is 1.60. The summed E-state index contributed by atoms with van der Waals surface area (Å²) in [6.45, 7) is -0.297. The third-order valence-electron chi connectivity index (χ3n) is 11.8. The van der Waals surface area contributed by atoms with Gasteiger partial charge in [-0.05, 0) is 88.0 Å². The van der Waals surface area contributed by atoms with Crippen molar-refractivity contribution in [3.63, 3.8) is 0 Å². The molecule has 1 aliphatic heterocycles. The summed E-state index contributed by atoms with van der Waals surface area (Å²) in [6.07, 6.45) is -0.957. The number of methoxy groups -OCH3 is 4. The fourth-order valence-electron chi connectivity index (χ4n) is 8.88. The minimum absolute atomic E-state index is 0.166. The monoisotopic (exact) mass is 831 g/mol. The minimum atomic E-state index is -1.33. The van der Waals surface area contributed by atoms with Gasteiger partial charge in [0.25, 0.3) is 0 Å². The normalized spacial score (nSPS) is 16.4. The molecule has 1 saturated heterocycles. The van der Waals surface area contributed by atoms with Gasteiger partial charge in [-0.25, -0.2) is 4.79 Å². The molecule has 0 aliphatic carbocycles. The number of aromatic nitrogens is 2. The molecule has 11 nitrogen and oxygen atoms in total. The third kappa shape index (κ3) is 7.34. The number of rotatable bonds is 15. The molecule has 6 aromatic carbocycles. The maximum absolute atomic E-state index is 14.8. The summed E-state index contributed by atoms with van der Waals surface area (Å²) < 4.78 is 30.2. The summed E-state index contributed by atoms with van der Waals surface area (Å²) in [5.74, 6) is 2.94. The van der Waals surface area contributed by atoms with E-state index in [9.17, 15) is 15.0 Å². The van der Waals surface area contributed by atoms with E-state index in [-0.39, 0.29) is 13.0 Å². The molecule has 0 amide bonds. The fraction of sp³-hybridized carbons (Fsp3) is 0.216. The van der Waals surface area contributed by atoms with E-state index in [1.54, 1.807) is 40.7 Å². The largest absolute Gasteiger partial charge is 0.497 e. The highest BCUT2D eigenvalue weighted by atomic mass is 16.5. The van der Waals surface area contributed by atoms with Crippen LogP contribution < -0.4 is 29.5 Å². The lowest BCUT2D eigenvalue weighted by Gasteiger charge is -2.56. The van der Waals surface area contributed by atoms with Crippen LogP contribution in [0.4, 0.5) is 5.82 Å². The Kier molecular flexibility index (Phi) is 12.1. The summed E-state index contributed by atoms with van der Waals surface area (Å²) in [4.78, 5) is 22.0. The third-order valence-corrected chi connectivity index (χ3v) is 11.8. The molecule has 0 unspecified atom stereocenters. The van der Waals surface area contributed by atoms with Gasteiger partial charge in [0.1, 0.15) is 46.0 Å². The highest BCUT2D eigenvalue weighted by Crippen LogP contribution is 2.55. The van der Waals surface area contributed by atoms with Crippen molar-refractivity contribution < 1.29 is 33.9 Å². The first-order valence-corrected chi connectivity index (χ1v) is 20.3. The Labute approximate surface area is 361 Å². The van der Waals surface area contributed by atoms with Gasteiger partial charge < -0.3 is 38.8 Å². The SMILES string of the molecule is COc1ccc(C(c2ccccc2)(c2ccc(OC)cc2)N(c2ccn([C@@H]3O[C@H](CO)C[C@@H]3O)c(=O)n2)C(c2ccccc2)(c2ccc(OC)cc2)c2ccc(OC)cc2)cc1. The van der Waals surface area contributed by atoms with Crippen LogP contribution in [0.15, 0.2) is 175 Å². The summed E-state index contributed by atoms with van der Waals surface area (Å²) in [5, 5.41) is 21.0. The lowest BCUT2D eigenvalue weighted by atomic mass is 9.67. The Morgan fingerprint density at radius 2 is 0.935 bits per heavy atom. The average Bonchev–Trinajstić information content (AvgIpc) is 3.72. The van der Waals surface area contributed by atoms with Crippen molar-refractivity contribution in [3.05, 3.63) is 214 Å². The minimum Gasteiger partial charge on any atom is -0.497 e. The predicted molar refractivity (Wildman–Crippen MR) is 237 cm³/mol. The van der Waals surface area contributed by atoms with Crippen molar-refractivity contribution in [2.24, 2.45) is 0 Å². The first-order chi connectivity index (χ1) is 30.3. The average molecular weight is 832 g/mol. The van der Waals surface area contributed by atoms with Gasteiger partial charge in [0.05, 0.1) is 41.2 Å². The number of aliphatic hydroxyl groups excluding tert-OH is 2. The second kappa shape index (κ2) is 18.0. The van der Waals surface area contributed by atoms with E-state index in [1.807, 2.05) is 133 Å². The number of hydrogen-bond donors (Lipinski definition) is 2. The molecule has 8 rings (SSSR count). The second-order valence-electron chi connectivity index (χ2n) is 15.0. The highest BCUT2D eigenvalue weighted by Gasteiger charge is 2.55. The van der Waals surface area contributed by atoms with Gasteiger partial charge in [-0.2, -0.15) is 4.98 Å². The van der Waals surface area contributed by atoms with Crippen molar-refractivity contribution in [3.8, 4) is 23.0 Å².